The molecule has 0 spiro atoms. The molecule has 2 unspecified atom stereocenters. The summed E-state index contributed by atoms with van der Waals surface area (Å²) >= 11 is 6.30. The first-order chi connectivity index (χ1) is 15.4. The zero-order valence-corrected chi connectivity index (χ0v) is 19.8. The molecule has 2 N–H and O–H groups in total. The van der Waals surface area contributed by atoms with Gasteiger partial charge in [-0.15, -0.1) is 0 Å². The second kappa shape index (κ2) is 9.91. The molecule has 1 saturated heterocycles. The molecule has 6 nitrogen and oxygen atoms in total. The van der Waals surface area contributed by atoms with Gasteiger partial charge < -0.3 is 5.32 Å². The van der Waals surface area contributed by atoms with Gasteiger partial charge in [-0.05, 0) is 62.3 Å². The zero-order chi connectivity index (χ0) is 22.7. The van der Waals surface area contributed by atoms with Crippen LogP contribution < -0.4 is 10.6 Å². The summed E-state index contributed by atoms with van der Waals surface area (Å²) in [5.41, 5.74) is 1.48. The number of anilines is 1. The van der Waals surface area contributed by atoms with Crippen LogP contribution in [0.15, 0.2) is 53.4 Å². The van der Waals surface area contributed by atoms with Gasteiger partial charge in [0.15, 0.2) is 0 Å². The number of amides is 1. The average Bonchev–Trinajstić information content (AvgIpc) is 3.65. The van der Waals surface area contributed by atoms with E-state index in [9.17, 15) is 13.2 Å². The second-order valence-corrected chi connectivity index (χ2v) is 11.1. The van der Waals surface area contributed by atoms with Crippen LogP contribution in [0, 0.1) is 5.92 Å². The molecule has 2 atom stereocenters. The summed E-state index contributed by atoms with van der Waals surface area (Å²) in [5.74, 6) is 0.273. The second-order valence-electron chi connectivity index (χ2n) is 8.71. The van der Waals surface area contributed by atoms with Crippen LogP contribution in [0.1, 0.15) is 50.6 Å². The van der Waals surface area contributed by atoms with Crippen LogP contribution in [0.25, 0.3) is 0 Å². The van der Waals surface area contributed by atoms with Gasteiger partial charge in [0, 0.05) is 19.1 Å². The molecule has 0 radical (unpaired) electrons. The van der Waals surface area contributed by atoms with Gasteiger partial charge in [0.1, 0.15) is 0 Å². The smallest absolute Gasteiger partial charge is 0.243 e. The van der Waals surface area contributed by atoms with E-state index in [4.69, 9.17) is 11.6 Å². The van der Waals surface area contributed by atoms with Gasteiger partial charge in [-0.3, -0.25) is 10.1 Å². The van der Waals surface area contributed by atoms with Crippen molar-refractivity contribution in [3.63, 3.8) is 0 Å². The average molecular weight is 476 g/mol. The topological polar surface area (TPSA) is 78.5 Å². The first-order valence-electron chi connectivity index (χ1n) is 11.3. The molecule has 2 aromatic carbocycles. The zero-order valence-electron chi connectivity index (χ0n) is 18.3. The van der Waals surface area contributed by atoms with Crippen molar-refractivity contribution in [3.8, 4) is 0 Å². The van der Waals surface area contributed by atoms with Crippen LogP contribution in [0.4, 0.5) is 5.69 Å². The Kier molecular flexibility index (Phi) is 7.20. The van der Waals surface area contributed by atoms with E-state index in [0.29, 0.717) is 29.7 Å². The molecule has 4 rings (SSSR count). The van der Waals surface area contributed by atoms with Crippen molar-refractivity contribution in [3.05, 3.63) is 59.1 Å². The van der Waals surface area contributed by atoms with E-state index in [2.05, 4.69) is 22.8 Å². The van der Waals surface area contributed by atoms with Crippen molar-refractivity contribution in [1.29, 1.82) is 0 Å². The van der Waals surface area contributed by atoms with Crippen molar-refractivity contribution in [2.45, 2.75) is 56.0 Å². The normalized spacial score (nSPS) is 19.3. The molecule has 0 bridgehead atoms. The van der Waals surface area contributed by atoms with E-state index < -0.39 is 16.1 Å². The third-order valence-corrected chi connectivity index (χ3v) is 8.45. The summed E-state index contributed by atoms with van der Waals surface area (Å²) in [6.07, 6.45) is 5.06. The van der Waals surface area contributed by atoms with E-state index >= 15 is 0 Å². The number of hydrogen-bond donors (Lipinski definition) is 2. The number of nitrogens with one attached hydrogen (secondary N) is 2. The maximum Gasteiger partial charge on any atom is 0.243 e. The quantitative estimate of drug-likeness (QED) is 0.585. The summed E-state index contributed by atoms with van der Waals surface area (Å²) in [6, 6.07) is 14.3. The molecule has 32 heavy (non-hydrogen) atoms. The molecule has 1 aliphatic carbocycles. The van der Waals surface area contributed by atoms with Gasteiger partial charge in [0.25, 0.3) is 0 Å². The molecule has 8 heteroatoms. The van der Waals surface area contributed by atoms with Crippen molar-refractivity contribution in [1.82, 2.24) is 9.62 Å². The minimum Gasteiger partial charge on any atom is -0.323 e. The third-order valence-electron chi connectivity index (χ3n) is 6.22. The molecule has 2 aromatic rings. The number of rotatable bonds is 8. The van der Waals surface area contributed by atoms with Crippen molar-refractivity contribution < 1.29 is 13.2 Å². The van der Waals surface area contributed by atoms with Gasteiger partial charge >= 0.3 is 0 Å². The Morgan fingerprint density at radius 3 is 2.41 bits per heavy atom. The molecule has 1 heterocycles. The molecule has 2 aliphatic rings. The fraction of sp³-hybridized carbons (Fsp3) is 0.458. The molecular weight excluding hydrogens is 446 g/mol. The lowest BCUT2D eigenvalue weighted by Crippen LogP contribution is -2.41. The van der Waals surface area contributed by atoms with Crippen LogP contribution in [-0.2, 0) is 14.8 Å². The number of nitrogens with zero attached hydrogens (tertiary/aromatic N) is 1. The lowest BCUT2D eigenvalue weighted by molar-refractivity contribution is -0.118. The van der Waals surface area contributed by atoms with E-state index in [1.165, 1.54) is 28.1 Å². The summed E-state index contributed by atoms with van der Waals surface area (Å²) in [4.78, 5) is 13.1. The van der Waals surface area contributed by atoms with Crippen molar-refractivity contribution >= 4 is 33.2 Å². The lowest BCUT2D eigenvalue weighted by Gasteiger charge is -2.26. The van der Waals surface area contributed by atoms with E-state index in [1.807, 2.05) is 25.1 Å². The molecular formula is C24H30ClN3O3S. The summed E-state index contributed by atoms with van der Waals surface area (Å²) in [7, 11) is -3.61. The van der Waals surface area contributed by atoms with Gasteiger partial charge in [-0.2, -0.15) is 4.31 Å². The number of halogens is 1. The minimum absolute atomic E-state index is 0.109. The Morgan fingerprint density at radius 1 is 1.06 bits per heavy atom. The molecule has 1 saturated carbocycles. The van der Waals surface area contributed by atoms with Crippen LogP contribution in [0.5, 0.6) is 0 Å². The standard InChI is InChI=1S/C24H30ClN3O3S/c1-17(26-23(19-10-11-19)18-8-4-2-5-9-18)24(29)27-22-16-20(12-13-21(22)25)32(30,31)28-14-6-3-7-15-28/h2,4-5,8-9,12-13,16-17,19,23,26H,3,6-7,10-11,14-15H2,1H3,(H,27,29). The third kappa shape index (κ3) is 5.34. The van der Waals surface area contributed by atoms with E-state index in [1.54, 1.807) is 0 Å². The number of hydrogen-bond acceptors (Lipinski definition) is 4. The number of carbonyl (C=O) groups is 1. The SMILES string of the molecule is CC(NC(c1ccccc1)C1CC1)C(=O)Nc1cc(S(=O)(=O)N2CCCCC2)ccc1Cl. The van der Waals surface area contributed by atoms with Gasteiger partial charge in [0.2, 0.25) is 15.9 Å². The minimum atomic E-state index is -3.61. The fourth-order valence-corrected chi connectivity index (χ4v) is 5.90. The summed E-state index contributed by atoms with van der Waals surface area (Å²) < 4.78 is 27.5. The van der Waals surface area contributed by atoms with Gasteiger partial charge in [-0.1, -0.05) is 48.4 Å². The molecule has 0 aromatic heterocycles. The molecule has 2 fully saturated rings. The van der Waals surface area contributed by atoms with Crippen LogP contribution in [0.3, 0.4) is 0 Å². The summed E-state index contributed by atoms with van der Waals surface area (Å²) in [6.45, 7) is 2.86. The van der Waals surface area contributed by atoms with Crippen molar-refractivity contribution in [2.75, 3.05) is 18.4 Å². The number of sulfonamides is 1. The van der Waals surface area contributed by atoms with Gasteiger partial charge in [-0.25, -0.2) is 8.42 Å². The maximum atomic E-state index is 13.0. The summed E-state index contributed by atoms with van der Waals surface area (Å²) in [5, 5.41) is 6.58. The highest BCUT2D eigenvalue weighted by Gasteiger charge is 2.34. The number of benzene rings is 2. The number of piperidine rings is 1. The largest absolute Gasteiger partial charge is 0.323 e. The Bertz CT molecular complexity index is 1050. The molecule has 1 amide bonds. The molecule has 172 valence electrons. The fourth-order valence-electron chi connectivity index (χ4n) is 4.20. The Hall–Kier alpha value is -1.93. The number of carbonyl (C=O) groups excluding carboxylic acids is 1. The highest BCUT2D eigenvalue weighted by molar-refractivity contribution is 7.89. The van der Waals surface area contributed by atoms with Crippen LogP contribution in [-0.4, -0.2) is 37.8 Å². The van der Waals surface area contributed by atoms with E-state index in [0.717, 1.165) is 32.1 Å². The van der Waals surface area contributed by atoms with Crippen LogP contribution >= 0.6 is 11.6 Å². The predicted octanol–water partition coefficient (Wildman–Crippen LogP) is 4.58. The van der Waals surface area contributed by atoms with Crippen molar-refractivity contribution in [2.24, 2.45) is 5.92 Å². The van der Waals surface area contributed by atoms with Gasteiger partial charge in [0.05, 0.1) is 21.6 Å². The highest BCUT2D eigenvalue weighted by atomic mass is 35.5. The maximum absolute atomic E-state index is 13.0. The lowest BCUT2D eigenvalue weighted by atomic mass is 10.0. The first kappa shape index (κ1) is 23.2. The Balaban J connectivity index is 1.47. The predicted molar refractivity (Wildman–Crippen MR) is 127 cm³/mol. The monoisotopic (exact) mass is 475 g/mol. The van der Waals surface area contributed by atoms with E-state index in [-0.39, 0.29) is 16.8 Å². The highest BCUT2D eigenvalue weighted by Crippen LogP contribution is 2.41. The Morgan fingerprint density at radius 2 is 1.75 bits per heavy atom. The first-order valence-corrected chi connectivity index (χ1v) is 13.1. The van der Waals surface area contributed by atoms with Crippen LogP contribution in [0.2, 0.25) is 5.02 Å². The molecule has 1 aliphatic heterocycles. The Labute approximate surface area is 195 Å².